The summed E-state index contributed by atoms with van der Waals surface area (Å²) in [6.45, 7) is -1.11. The predicted octanol–water partition coefficient (Wildman–Crippen LogP) is 2.81. The van der Waals surface area contributed by atoms with Crippen molar-refractivity contribution < 1.29 is 23.0 Å². The van der Waals surface area contributed by atoms with Crippen molar-refractivity contribution in [3.05, 3.63) is 22.2 Å². The minimum atomic E-state index is -2.96. The van der Waals surface area contributed by atoms with Crippen LogP contribution in [0.4, 0.5) is 14.5 Å². The molecule has 1 aromatic rings. The van der Waals surface area contributed by atoms with Crippen molar-refractivity contribution in [1.82, 2.24) is 0 Å². The van der Waals surface area contributed by atoms with E-state index in [1.54, 1.807) is 6.92 Å². The fourth-order valence-corrected chi connectivity index (χ4v) is 1.59. The zero-order valence-corrected chi connectivity index (χ0v) is 10.5. The minimum absolute atomic E-state index is 0.00148. The standard InChI is InChI=1S/C10H10BrF2NO3/c1-2-16-9(15)5-3-4-6(17-10(12)13)7(11)8(5)14/h3-4,10H,2,14H2,1H3. The first-order valence-corrected chi connectivity index (χ1v) is 5.46. The first-order chi connectivity index (χ1) is 7.97. The molecule has 0 unspecified atom stereocenters. The lowest BCUT2D eigenvalue weighted by atomic mass is 10.2. The molecule has 0 radical (unpaired) electrons. The minimum Gasteiger partial charge on any atom is -0.462 e. The van der Waals surface area contributed by atoms with Crippen LogP contribution < -0.4 is 10.5 Å². The van der Waals surface area contributed by atoms with Gasteiger partial charge in [0, 0.05) is 0 Å². The van der Waals surface area contributed by atoms with E-state index in [2.05, 4.69) is 20.7 Å². The number of ether oxygens (including phenoxy) is 2. The Morgan fingerprint density at radius 1 is 1.53 bits per heavy atom. The molecule has 0 saturated heterocycles. The molecule has 0 aromatic heterocycles. The number of hydrogen-bond acceptors (Lipinski definition) is 4. The van der Waals surface area contributed by atoms with Crippen LogP contribution in [-0.4, -0.2) is 19.2 Å². The molecule has 2 N–H and O–H groups in total. The average molecular weight is 310 g/mol. The number of rotatable bonds is 4. The highest BCUT2D eigenvalue weighted by Gasteiger charge is 2.17. The molecule has 0 aliphatic rings. The van der Waals surface area contributed by atoms with Gasteiger partial charge < -0.3 is 15.2 Å². The summed E-state index contributed by atoms with van der Waals surface area (Å²) in [6, 6.07) is 2.49. The van der Waals surface area contributed by atoms with E-state index in [9.17, 15) is 13.6 Å². The van der Waals surface area contributed by atoms with E-state index >= 15 is 0 Å². The Balaban J connectivity index is 3.06. The third-order valence-corrected chi connectivity index (χ3v) is 2.67. The number of nitrogens with two attached hydrogens (primary N) is 1. The first kappa shape index (κ1) is 13.7. The van der Waals surface area contributed by atoms with Crippen LogP contribution in [0.2, 0.25) is 0 Å². The summed E-state index contributed by atoms with van der Waals surface area (Å²) in [6.07, 6.45) is 0. The van der Waals surface area contributed by atoms with Crippen molar-refractivity contribution >= 4 is 27.6 Å². The van der Waals surface area contributed by atoms with Gasteiger partial charge in [0.15, 0.2) is 0 Å². The fourth-order valence-electron chi connectivity index (χ4n) is 1.15. The Morgan fingerprint density at radius 2 is 2.18 bits per heavy atom. The van der Waals surface area contributed by atoms with Crippen LogP contribution in [0, 0.1) is 0 Å². The molecule has 0 fully saturated rings. The van der Waals surface area contributed by atoms with Gasteiger partial charge in [-0.2, -0.15) is 8.78 Å². The predicted molar refractivity (Wildman–Crippen MR) is 61.1 cm³/mol. The molecule has 0 amide bonds. The molecular formula is C10H10BrF2NO3. The van der Waals surface area contributed by atoms with Crippen LogP contribution in [0.3, 0.4) is 0 Å². The summed E-state index contributed by atoms with van der Waals surface area (Å²) >= 11 is 2.99. The summed E-state index contributed by atoms with van der Waals surface area (Å²) in [5.41, 5.74) is 5.72. The lowest BCUT2D eigenvalue weighted by Crippen LogP contribution is -2.10. The average Bonchev–Trinajstić information content (AvgIpc) is 2.24. The lowest BCUT2D eigenvalue weighted by molar-refractivity contribution is -0.0503. The van der Waals surface area contributed by atoms with Crippen molar-refractivity contribution in [1.29, 1.82) is 0 Å². The van der Waals surface area contributed by atoms with Crippen molar-refractivity contribution in [3.63, 3.8) is 0 Å². The molecule has 0 saturated carbocycles. The number of alkyl halides is 2. The molecule has 0 atom stereocenters. The van der Waals surface area contributed by atoms with Crippen LogP contribution in [0.15, 0.2) is 16.6 Å². The summed E-state index contributed by atoms with van der Waals surface area (Å²) in [4.78, 5) is 11.4. The Labute approximate surface area is 105 Å². The normalized spacial score (nSPS) is 10.4. The van der Waals surface area contributed by atoms with Gasteiger partial charge in [0.05, 0.1) is 22.3 Å². The Kier molecular flexibility index (Phi) is 4.68. The van der Waals surface area contributed by atoms with Gasteiger partial charge in [0.1, 0.15) is 5.75 Å². The number of benzene rings is 1. The van der Waals surface area contributed by atoms with Crippen LogP contribution in [-0.2, 0) is 4.74 Å². The number of nitrogen functional groups attached to an aromatic ring is 1. The van der Waals surface area contributed by atoms with Gasteiger partial charge in [-0.25, -0.2) is 4.79 Å². The number of carbonyl (C=O) groups excluding carboxylic acids is 1. The molecule has 94 valence electrons. The third-order valence-electron chi connectivity index (χ3n) is 1.86. The van der Waals surface area contributed by atoms with Gasteiger partial charge in [-0.15, -0.1) is 0 Å². The number of esters is 1. The fraction of sp³-hybridized carbons (Fsp3) is 0.300. The van der Waals surface area contributed by atoms with Gasteiger partial charge in [0.25, 0.3) is 0 Å². The largest absolute Gasteiger partial charge is 0.462 e. The van der Waals surface area contributed by atoms with Gasteiger partial charge in [-0.1, -0.05) is 0 Å². The quantitative estimate of drug-likeness (QED) is 0.686. The van der Waals surface area contributed by atoms with Crippen molar-refractivity contribution in [2.24, 2.45) is 0 Å². The van der Waals surface area contributed by atoms with E-state index in [-0.39, 0.29) is 28.1 Å². The topological polar surface area (TPSA) is 61.5 Å². The zero-order chi connectivity index (χ0) is 13.0. The summed E-state index contributed by atoms with van der Waals surface area (Å²) in [5.74, 6) is -0.750. The van der Waals surface area contributed by atoms with Crippen molar-refractivity contribution in [2.45, 2.75) is 13.5 Å². The molecule has 7 heteroatoms. The Hall–Kier alpha value is -1.37. The number of hydrogen-bond donors (Lipinski definition) is 1. The SMILES string of the molecule is CCOC(=O)c1ccc(OC(F)F)c(Br)c1N. The van der Waals surface area contributed by atoms with Crippen LogP contribution in [0.25, 0.3) is 0 Å². The highest BCUT2D eigenvalue weighted by atomic mass is 79.9. The summed E-state index contributed by atoms with van der Waals surface area (Å²) < 4.78 is 33.1. The van der Waals surface area contributed by atoms with Gasteiger partial charge in [-0.3, -0.25) is 0 Å². The molecule has 1 rings (SSSR count). The maximum atomic E-state index is 12.0. The van der Waals surface area contributed by atoms with E-state index in [0.717, 1.165) is 0 Å². The summed E-state index contributed by atoms with van der Waals surface area (Å²) in [5, 5.41) is 0. The molecule has 0 spiro atoms. The van der Waals surface area contributed by atoms with Gasteiger partial charge in [-0.05, 0) is 35.0 Å². The van der Waals surface area contributed by atoms with Crippen molar-refractivity contribution in [3.8, 4) is 5.75 Å². The van der Waals surface area contributed by atoms with E-state index in [4.69, 9.17) is 10.5 Å². The van der Waals surface area contributed by atoms with E-state index in [1.807, 2.05) is 0 Å². The first-order valence-electron chi connectivity index (χ1n) is 4.67. The molecular weight excluding hydrogens is 300 g/mol. The van der Waals surface area contributed by atoms with Gasteiger partial charge >= 0.3 is 12.6 Å². The van der Waals surface area contributed by atoms with Gasteiger partial charge in [0.2, 0.25) is 0 Å². The molecule has 0 aliphatic heterocycles. The second kappa shape index (κ2) is 5.81. The second-order valence-electron chi connectivity index (χ2n) is 2.94. The van der Waals surface area contributed by atoms with E-state index in [1.165, 1.54) is 12.1 Å². The Bertz CT molecular complexity index is 426. The van der Waals surface area contributed by atoms with Crippen LogP contribution >= 0.6 is 15.9 Å². The van der Waals surface area contributed by atoms with Crippen LogP contribution in [0.5, 0.6) is 5.75 Å². The molecule has 4 nitrogen and oxygen atoms in total. The number of halogens is 3. The van der Waals surface area contributed by atoms with E-state index < -0.39 is 12.6 Å². The maximum absolute atomic E-state index is 12.0. The summed E-state index contributed by atoms with van der Waals surface area (Å²) in [7, 11) is 0. The maximum Gasteiger partial charge on any atom is 0.387 e. The smallest absolute Gasteiger partial charge is 0.387 e. The number of carbonyl (C=O) groups is 1. The molecule has 17 heavy (non-hydrogen) atoms. The lowest BCUT2D eigenvalue weighted by Gasteiger charge is -2.11. The molecule has 0 bridgehead atoms. The Morgan fingerprint density at radius 3 is 2.71 bits per heavy atom. The van der Waals surface area contributed by atoms with Crippen LogP contribution in [0.1, 0.15) is 17.3 Å². The van der Waals surface area contributed by atoms with E-state index in [0.29, 0.717) is 0 Å². The zero-order valence-electron chi connectivity index (χ0n) is 8.88. The highest BCUT2D eigenvalue weighted by Crippen LogP contribution is 2.34. The molecule has 1 aromatic carbocycles. The highest BCUT2D eigenvalue weighted by molar-refractivity contribution is 9.10. The molecule has 0 heterocycles. The molecule has 0 aliphatic carbocycles. The second-order valence-corrected chi connectivity index (χ2v) is 3.73. The number of anilines is 1. The monoisotopic (exact) mass is 309 g/mol. The third kappa shape index (κ3) is 3.29. The van der Waals surface area contributed by atoms with Crippen molar-refractivity contribution in [2.75, 3.05) is 12.3 Å².